The van der Waals surface area contributed by atoms with Gasteiger partial charge in [-0.1, -0.05) is 46.3 Å². The van der Waals surface area contributed by atoms with E-state index in [2.05, 4.69) is 15.9 Å². The number of carbonyl (C=O) groups is 2. The molecule has 0 saturated heterocycles. The summed E-state index contributed by atoms with van der Waals surface area (Å²) in [6, 6.07) is 14.1. The predicted octanol–water partition coefficient (Wildman–Crippen LogP) is 3.35. The van der Waals surface area contributed by atoms with Gasteiger partial charge in [0.05, 0.1) is 22.5 Å². The van der Waals surface area contributed by atoms with Crippen molar-refractivity contribution in [1.29, 1.82) is 0 Å². The van der Waals surface area contributed by atoms with E-state index in [4.69, 9.17) is 4.98 Å². The van der Waals surface area contributed by atoms with Crippen LogP contribution in [-0.4, -0.2) is 32.4 Å². The van der Waals surface area contributed by atoms with E-state index in [0.29, 0.717) is 22.4 Å². The zero-order valence-corrected chi connectivity index (χ0v) is 18.3. The maximum atomic E-state index is 13.6. The number of hydrogen-bond donors (Lipinski definition) is 0. The van der Waals surface area contributed by atoms with Crippen LogP contribution in [0.3, 0.4) is 0 Å². The molecular weight excluding hydrogens is 460 g/mol. The molecule has 6 rings (SSSR count). The molecule has 2 aromatic carbocycles. The van der Waals surface area contributed by atoms with Gasteiger partial charge in [0.1, 0.15) is 12.2 Å². The van der Waals surface area contributed by atoms with Crippen LogP contribution in [0.15, 0.2) is 57.8 Å². The highest BCUT2D eigenvalue weighted by molar-refractivity contribution is 9.11. The van der Waals surface area contributed by atoms with E-state index in [-0.39, 0.29) is 23.3 Å². The van der Waals surface area contributed by atoms with Crippen molar-refractivity contribution < 1.29 is 9.59 Å². The third-order valence-corrected chi connectivity index (χ3v) is 7.31. The Hall–Kier alpha value is -3.26. The largest absolute Gasteiger partial charge is 0.290 e. The molecule has 3 aromatic rings. The number of para-hydroxylation sites is 2. The van der Waals surface area contributed by atoms with Gasteiger partial charge in [0.2, 0.25) is 5.91 Å². The first kappa shape index (κ1) is 18.5. The highest BCUT2D eigenvalue weighted by Crippen LogP contribution is 2.57. The average molecular weight is 477 g/mol. The van der Waals surface area contributed by atoms with Gasteiger partial charge in [0.25, 0.3) is 11.5 Å². The quantitative estimate of drug-likeness (QED) is 0.498. The second kappa shape index (κ2) is 6.13. The molecule has 0 spiro atoms. The fraction of sp³-hybridized carbons (Fsp3) is 0.217. The third-order valence-electron chi connectivity index (χ3n) is 6.44. The standard InChI is InChI=1S/C23H17BrN4O3/c1-11-22(30)28-19(20-25-15-9-5-3-7-13(15)23(31)26(11)20)18(24)17-14-8-4-6-10-16(14)27(12(2)29)21(17)28/h3-11,17,21H,1-2H3/t11-,17-,21+/m0/s1. The Balaban J connectivity index is 1.69. The molecule has 0 unspecified atom stereocenters. The lowest BCUT2D eigenvalue weighted by molar-refractivity contribution is -0.133. The highest BCUT2D eigenvalue weighted by atomic mass is 79.9. The molecule has 2 amide bonds. The van der Waals surface area contributed by atoms with Crippen LogP contribution in [0.1, 0.15) is 37.2 Å². The summed E-state index contributed by atoms with van der Waals surface area (Å²) in [7, 11) is 0. The number of carbonyl (C=O) groups excluding carboxylic acids is 2. The van der Waals surface area contributed by atoms with Crippen LogP contribution in [0.5, 0.6) is 0 Å². The van der Waals surface area contributed by atoms with Crippen molar-refractivity contribution in [1.82, 2.24) is 14.5 Å². The Labute approximate surface area is 185 Å². The first-order valence-corrected chi connectivity index (χ1v) is 10.8. The number of hydrogen-bond acceptors (Lipinski definition) is 4. The fourth-order valence-electron chi connectivity index (χ4n) is 5.14. The second-order valence-corrected chi connectivity index (χ2v) is 8.90. The van der Waals surface area contributed by atoms with E-state index in [0.717, 1.165) is 15.7 Å². The Morgan fingerprint density at radius 2 is 1.77 bits per heavy atom. The number of halogens is 1. The summed E-state index contributed by atoms with van der Waals surface area (Å²) in [4.78, 5) is 47.7. The topological polar surface area (TPSA) is 75.5 Å². The van der Waals surface area contributed by atoms with E-state index in [9.17, 15) is 14.4 Å². The van der Waals surface area contributed by atoms with Crippen molar-refractivity contribution in [2.45, 2.75) is 32.0 Å². The summed E-state index contributed by atoms with van der Waals surface area (Å²) in [6.45, 7) is 3.22. The lowest BCUT2D eigenvalue weighted by Gasteiger charge is -2.39. The molecule has 3 aliphatic heterocycles. The SMILES string of the molecule is CC(=O)N1c2ccccc2[C@H]2C(Br)=C3c4nc5ccccc5c(=O)n4[C@@H](C)C(=O)N3[C@H]21. The number of nitrogens with zero attached hydrogens (tertiary/aromatic N) is 4. The number of anilines is 1. The van der Waals surface area contributed by atoms with E-state index < -0.39 is 12.2 Å². The Kier molecular flexibility index (Phi) is 3.66. The van der Waals surface area contributed by atoms with Gasteiger partial charge in [-0.3, -0.25) is 28.8 Å². The normalized spacial score (nSPS) is 23.7. The number of aromatic nitrogens is 2. The van der Waals surface area contributed by atoms with Gasteiger partial charge < -0.3 is 0 Å². The second-order valence-electron chi connectivity index (χ2n) is 8.05. The monoisotopic (exact) mass is 476 g/mol. The van der Waals surface area contributed by atoms with Crippen LogP contribution < -0.4 is 10.5 Å². The summed E-state index contributed by atoms with van der Waals surface area (Å²) >= 11 is 3.73. The summed E-state index contributed by atoms with van der Waals surface area (Å²) < 4.78 is 2.23. The minimum atomic E-state index is -0.736. The number of benzene rings is 2. The summed E-state index contributed by atoms with van der Waals surface area (Å²) in [6.07, 6.45) is -0.522. The van der Waals surface area contributed by atoms with Crippen molar-refractivity contribution in [2.24, 2.45) is 0 Å². The smallest absolute Gasteiger partial charge is 0.262 e. The molecular formula is C23H17BrN4O3. The molecule has 0 N–H and O–H groups in total. The van der Waals surface area contributed by atoms with Gasteiger partial charge in [-0.2, -0.15) is 0 Å². The summed E-state index contributed by atoms with van der Waals surface area (Å²) in [5.41, 5.74) is 2.66. The highest BCUT2D eigenvalue weighted by Gasteiger charge is 2.56. The van der Waals surface area contributed by atoms with Crippen LogP contribution in [0, 0.1) is 0 Å². The Morgan fingerprint density at radius 1 is 1.06 bits per heavy atom. The summed E-state index contributed by atoms with van der Waals surface area (Å²) in [5, 5.41) is 0.477. The molecule has 3 aliphatic rings. The van der Waals surface area contributed by atoms with Gasteiger partial charge in [0.15, 0.2) is 5.82 Å². The molecule has 0 aliphatic carbocycles. The van der Waals surface area contributed by atoms with Crippen LogP contribution in [0.25, 0.3) is 16.6 Å². The van der Waals surface area contributed by atoms with E-state index in [1.165, 1.54) is 11.5 Å². The van der Waals surface area contributed by atoms with Gasteiger partial charge >= 0.3 is 0 Å². The van der Waals surface area contributed by atoms with E-state index in [1.54, 1.807) is 34.9 Å². The van der Waals surface area contributed by atoms with Crippen LogP contribution in [0.2, 0.25) is 0 Å². The molecule has 0 radical (unpaired) electrons. The molecule has 154 valence electrons. The van der Waals surface area contributed by atoms with Crippen molar-refractivity contribution in [3.05, 3.63) is 74.8 Å². The van der Waals surface area contributed by atoms with Gasteiger partial charge in [-0.15, -0.1) is 0 Å². The van der Waals surface area contributed by atoms with Crippen molar-refractivity contribution in [3.8, 4) is 0 Å². The molecule has 31 heavy (non-hydrogen) atoms. The Morgan fingerprint density at radius 3 is 2.55 bits per heavy atom. The molecule has 8 heteroatoms. The van der Waals surface area contributed by atoms with E-state index in [1.807, 2.05) is 30.3 Å². The first-order valence-electron chi connectivity index (χ1n) is 10.0. The van der Waals surface area contributed by atoms with Crippen molar-refractivity contribution >= 4 is 50.0 Å². The first-order chi connectivity index (χ1) is 14.9. The fourth-order valence-corrected chi connectivity index (χ4v) is 6.00. The molecule has 0 fully saturated rings. The molecule has 0 saturated carbocycles. The average Bonchev–Trinajstić information content (AvgIpc) is 3.25. The molecule has 3 atom stereocenters. The molecule has 7 nitrogen and oxygen atoms in total. The summed E-state index contributed by atoms with van der Waals surface area (Å²) in [5.74, 6) is -0.166. The lowest BCUT2D eigenvalue weighted by Crippen LogP contribution is -2.54. The van der Waals surface area contributed by atoms with Crippen LogP contribution >= 0.6 is 15.9 Å². The third kappa shape index (κ3) is 2.18. The Bertz CT molecular complexity index is 1430. The van der Waals surface area contributed by atoms with Gasteiger partial charge in [0, 0.05) is 17.1 Å². The van der Waals surface area contributed by atoms with E-state index >= 15 is 0 Å². The number of rotatable bonds is 0. The van der Waals surface area contributed by atoms with Gasteiger partial charge in [-0.05, 0) is 30.7 Å². The lowest BCUT2D eigenvalue weighted by atomic mass is 10.0. The maximum Gasteiger partial charge on any atom is 0.262 e. The maximum absolute atomic E-state index is 13.6. The minimum Gasteiger partial charge on any atom is -0.290 e. The van der Waals surface area contributed by atoms with Crippen molar-refractivity contribution in [2.75, 3.05) is 4.90 Å². The van der Waals surface area contributed by atoms with Crippen LogP contribution in [0.4, 0.5) is 5.69 Å². The zero-order chi connectivity index (χ0) is 21.6. The van der Waals surface area contributed by atoms with Crippen molar-refractivity contribution in [3.63, 3.8) is 0 Å². The zero-order valence-electron chi connectivity index (χ0n) is 16.7. The van der Waals surface area contributed by atoms with Gasteiger partial charge in [-0.25, -0.2) is 4.98 Å². The number of fused-ring (bicyclic) bond motifs is 8. The molecule has 1 aromatic heterocycles. The molecule has 0 bridgehead atoms. The minimum absolute atomic E-state index is 0.142. The molecule has 4 heterocycles. The number of amides is 2. The van der Waals surface area contributed by atoms with Crippen LogP contribution in [-0.2, 0) is 9.59 Å². The predicted molar refractivity (Wildman–Crippen MR) is 120 cm³/mol.